The van der Waals surface area contributed by atoms with Gasteiger partial charge in [-0.2, -0.15) is 0 Å². The molecule has 1 atom stereocenters. The van der Waals surface area contributed by atoms with Crippen LogP contribution < -0.4 is 9.47 Å². The van der Waals surface area contributed by atoms with Crippen LogP contribution >= 0.6 is 0 Å². The van der Waals surface area contributed by atoms with Crippen LogP contribution in [0.4, 0.5) is 0 Å². The first-order valence-electron chi connectivity index (χ1n) is 9.31. The van der Waals surface area contributed by atoms with Crippen molar-refractivity contribution in [2.45, 2.75) is 26.4 Å². The second-order valence-corrected chi connectivity index (χ2v) is 6.33. The summed E-state index contributed by atoms with van der Waals surface area (Å²) in [5.41, 5.74) is 2.58. The highest BCUT2D eigenvalue weighted by molar-refractivity contribution is 5.82. The van der Waals surface area contributed by atoms with Gasteiger partial charge in [-0.15, -0.1) is 0 Å². The second kappa shape index (κ2) is 11.1. The predicted molar refractivity (Wildman–Crippen MR) is 109 cm³/mol. The third-order valence-corrected chi connectivity index (χ3v) is 4.13. The van der Waals surface area contributed by atoms with Crippen molar-refractivity contribution in [1.82, 2.24) is 0 Å². The van der Waals surface area contributed by atoms with Crippen molar-refractivity contribution in [3.8, 4) is 11.5 Å². The minimum absolute atomic E-state index is 0.320. The largest absolute Gasteiger partial charge is 0.493 e. The van der Waals surface area contributed by atoms with Gasteiger partial charge < -0.3 is 18.9 Å². The summed E-state index contributed by atoms with van der Waals surface area (Å²) in [5, 5.41) is 0. The van der Waals surface area contributed by atoms with Crippen LogP contribution in [0, 0.1) is 0 Å². The Bertz CT molecular complexity index is 770. The fraction of sp³-hybridized carbons (Fsp3) is 0.348. The molecule has 0 aliphatic carbocycles. The van der Waals surface area contributed by atoms with E-state index in [9.17, 15) is 4.79 Å². The normalized spacial score (nSPS) is 11.5. The van der Waals surface area contributed by atoms with E-state index in [0.29, 0.717) is 43.5 Å². The van der Waals surface area contributed by atoms with Crippen molar-refractivity contribution in [1.29, 1.82) is 0 Å². The van der Waals surface area contributed by atoms with Crippen LogP contribution in [0.2, 0.25) is 0 Å². The van der Waals surface area contributed by atoms with Gasteiger partial charge in [-0.3, -0.25) is 4.79 Å². The van der Waals surface area contributed by atoms with Crippen LogP contribution in [-0.2, 0) is 20.9 Å². The average Bonchev–Trinajstić information content (AvgIpc) is 2.69. The number of rotatable bonds is 11. The number of carbonyl (C=O) groups excluding carboxylic acids is 1. The molecule has 0 fully saturated rings. The molecule has 0 aliphatic heterocycles. The van der Waals surface area contributed by atoms with Gasteiger partial charge in [0.2, 0.25) is 0 Å². The number of methoxy groups -OCH3 is 1. The third kappa shape index (κ3) is 6.13. The van der Waals surface area contributed by atoms with Crippen molar-refractivity contribution in [3.05, 3.63) is 71.8 Å². The van der Waals surface area contributed by atoms with Gasteiger partial charge in [0.05, 0.1) is 26.9 Å². The highest BCUT2D eigenvalue weighted by Crippen LogP contribution is 2.33. The number of carbonyl (C=O) groups is 1. The van der Waals surface area contributed by atoms with Gasteiger partial charge in [0.25, 0.3) is 0 Å². The number of benzene rings is 2. The molecule has 2 aromatic rings. The Morgan fingerprint density at radius 1 is 1.07 bits per heavy atom. The fourth-order valence-corrected chi connectivity index (χ4v) is 2.81. The standard InChI is InChI=1S/C23H28O5/c1-5-27-23(24)22(17(2)3)19-11-12-20(25-4)21(15-19)28-14-13-26-16-18-9-7-6-8-10-18/h6-12,15,22H,2,5,13-14,16H2,1,3-4H3. The molecular formula is C23H28O5. The molecule has 2 rings (SSSR count). The molecule has 0 aliphatic rings. The van der Waals surface area contributed by atoms with Crippen LogP contribution in [-0.4, -0.2) is 32.9 Å². The Kier molecular flexibility index (Phi) is 8.56. The smallest absolute Gasteiger partial charge is 0.317 e. The first-order valence-corrected chi connectivity index (χ1v) is 9.31. The van der Waals surface area contributed by atoms with Gasteiger partial charge in [-0.1, -0.05) is 48.6 Å². The molecule has 5 heteroatoms. The molecule has 0 N–H and O–H groups in total. The van der Waals surface area contributed by atoms with E-state index in [1.54, 1.807) is 26.2 Å². The van der Waals surface area contributed by atoms with E-state index in [2.05, 4.69) is 6.58 Å². The zero-order valence-electron chi connectivity index (χ0n) is 16.8. The van der Waals surface area contributed by atoms with Gasteiger partial charge in [-0.25, -0.2) is 0 Å². The SMILES string of the molecule is C=C(C)C(C(=O)OCC)c1ccc(OC)c(OCCOCc2ccccc2)c1. The molecule has 0 saturated heterocycles. The predicted octanol–water partition coefficient (Wildman–Crippen LogP) is 4.51. The molecule has 0 heterocycles. The summed E-state index contributed by atoms with van der Waals surface area (Å²) in [5.74, 6) is 0.287. The maximum Gasteiger partial charge on any atom is 0.317 e. The van der Waals surface area contributed by atoms with Crippen molar-refractivity contribution in [2.24, 2.45) is 0 Å². The lowest BCUT2D eigenvalue weighted by Crippen LogP contribution is -2.17. The lowest BCUT2D eigenvalue weighted by atomic mass is 9.93. The zero-order valence-corrected chi connectivity index (χ0v) is 16.8. The fourth-order valence-electron chi connectivity index (χ4n) is 2.81. The molecule has 150 valence electrons. The van der Waals surface area contributed by atoms with E-state index in [4.69, 9.17) is 18.9 Å². The van der Waals surface area contributed by atoms with Gasteiger partial charge >= 0.3 is 5.97 Å². The van der Waals surface area contributed by atoms with Crippen LogP contribution in [0.3, 0.4) is 0 Å². The van der Waals surface area contributed by atoms with E-state index in [0.717, 1.165) is 11.1 Å². The summed E-state index contributed by atoms with van der Waals surface area (Å²) >= 11 is 0. The molecule has 2 aromatic carbocycles. The molecule has 1 unspecified atom stereocenters. The van der Waals surface area contributed by atoms with Crippen molar-refractivity contribution < 1.29 is 23.7 Å². The van der Waals surface area contributed by atoms with Gasteiger partial charge in [0.15, 0.2) is 11.5 Å². The number of hydrogen-bond acceptors (Lipinski definition) is 5. The van der Waals surface area contributed by atoms with Crippen LogP contribution in [0.25, 0.3) is 0 Å². The monoisotopic (exact) mass is 384 g/mol. The molecule has 0 spiro atoms. The maximum absolute atomic E-state index is 12.3. The van der Waals surface area contributed by atoms with E-state index < -0.39 is 5.92 Å². The molecule has 0 bridgehead atoms. The van der Waals surface area contributed by atoms with Crippen LogP contribution in [0.15, 0.2) is 60.7 Å². The molecule has 5 nitrogen and oxygen atoms in total. The topological polar surface area (TPSA) is 54.0 Å². The molecule has 0 amide bonds. The van der Waals surface area contributed by atoms with Crippen molar-refractivity contribution in [2.75, 3.05) is 26.9 Å². The minimum atomic E-state index is -0.539. The summed E-state index contributed by atoms with van der Waals surface area (Å²) in [7, 11) is 1.58. The summed E-state index contributed by atoms with van der Waals surface area (Å²) < 4.78 is 22.0. The summed E-state index contributed by atoms with van der Waals surface area (Å²) in [6, 6.07) is 15.4. The Morgan fingerprint density at radius 3 is 2.46 bits per heavy atom. The maximum atomic E-state index is 12.3. The third-order valence-electron chi connectivity index (χ3n) is 4.13. The van der Waals surface area contributed by atoms with Gasteiger partial charge in [-0.05, 0) is 37.1 Å². The van der Waals surface area contributed by atoms with E-state index in [1.165, 1.54) is 0 Å². The molecule has 0 aromatic heterocycles. The Balaban J connectivity index is 2.01. The Morgan fingerprint density at radius 2 is 1.82 bits per heavy atom. The Labute approximate surface area is 166 Å². The molecule has 28 heavy (non-hydrogen) atoms. The quantitative estimate of drug-likeness (QED) is 0.324. The van der Waals surface area contributed by atoms with Crippen LogP contribution in [0.1, 0.15) is 30.9 Å². The van der Waals surface area contributed by atoms with E-state index in [-0.39, 0.29) is 5.97 Å². The average molecular weight is 384 g/mol. The first kappa shape index (κ1) is 21.5. The zero-order chi connectivity index (χ0) is 20.4. The highest BCUT2D eigenvalue weighted by atomic mass is 16.5. The number of ether oxygens (including phenoxy) is 4. The van der Waals surface area contributed by atoms with Crippen molar-refractivity contribution >= 4 is 5.97 Å². The summed E-state index contributed by atoms with van der Waals surface area (Å²) in [6.45, 7) is 9.17. The minimum Gasteiger partial charge on any atom is -0.493 e. The second-order valence-electron chi connectivity index (χ2n) is 6.33. The van der Waals surface area contributed by atoms with Gasteiger partial charge in [0, 0.05) is 0 Å². The number of hydrogen-bond donors (Lipinski definition) is 0. The van der Waals surface area contributed by atoms with Gasteiger partial charge in [0.1, 0.15) is 12.5 Å². The molecule has 0 radical (unpaired) electrons. The van der Waals surface area contributed by atoms with E-state index in [1.807, 2.05) is 43.3 Å². The van der Waals surface area contributed by atoms with Crippen LogP contribution in [0.5, 0.6) is 11.5 Å². The summed E-state index contributed by atoms with van der Waals surface area (Å²) in [6.07, 6.45) is 0. The lowest BCUT2D eigenvalue weighted by Gasteiger charge is -2.18. The Hall–Kier alpha value is -2.79. The van der Waals surface area contributed by atoms with E-state index >= 15 is 0 Å². The number of esters is 1. The lowest BCUT2D eigenvalue weighted by molar-refractivity contribution is -0.143. The van der Waals surface area contributed by atoms with Crippen molar-refractivity contribution in [3.63, 3.8) is 0 Å². The molecular weight excluding hydrogens is 356 g/mol. The highest BCUT2D eigenvalue weighted by Gasteiger charge is 2.24. The molecule has 0 saturated carbocycles. The first-order chi connectivity index (χ1) is 13.6. The summed E-state index contributed by atoms with van der Waals surface area (Å²) in [4.78, 5) is 12.3.